The maximum Gasteiger partial charge on any atom is 0.282 e. The number of amides is 1. The third-order valence-electron chi connectivity index (χ3n) is 5.85. The van der Waals surface area contributed by atoms with Crippen LogP contribution in [0.3, 0.4) is 0 Å². The number of nitrogens with one attached hydrogen (secondary N) is 3. The molecule has 1 fully saturated rings. The highest BCUT2D eigenvalue weighted by molar-refractivity contribution is 5.95. The molecule has 0 bridgehead atoms. The van der Waals surface area contributed by atoms with Gasteiger partial charge in [0.15, 0.2) is 6.04 Å². The summed E-state index contributed by atoms with van der Waals surface area (Å²) < 4.78 is 0. The van der Waals surface area contributed by atoms with Gasteiger partial charge >= 0.3 is 0 Å². The fourth-order valence-corrected chi connectivity index (χ4v) is 3.92. The van der Waals surface area contributed by atoms with Crippen molar-refractivity contribution in [1.82, 2.24) is 0 Å². The third kappa shape index (κ3) is 5.31. The Morgan fingerprint density at radius 1 is 1.00 bits per heavy atom. The Labute approximate surface area is 168 Å². The zero-order valence-corrected chi connectivity index (χ0v) is 17.3. The van der Waals surface area contributed by atoms with Gasteiger partial charge in [0.25, 0.3) is 5.91 Å². The molecule has 0 unspecified atom stereocenters. The molecule has 0 spiro atoms. The molecule has 4 nitrogen and oxygen atoms in total. The summed E-state index contributed by atoms with van der Waals surface area (Å²) in [4.78, 5) is 15.8. The van der Waals surface area contributed by atoms with Crippen molar-refractivity contribution in [2.45, 2.75) is 26.8 Å². The number of para-hydroxylation sites is 1. The van der Waals surface area contributed by atoms with Gasteiger partial charge in [0, 0.05) is 5.69 Å². The Hall–Kier alpha value is -2.43. The second kappa shape index (κ2) is 9.67. The first-order valence-electron chi connectivity index (χ1n) is 10.3. The smallest absolute Gasteiger partial charge is 0.282 e. The number of carbonyl (C=O) groups is 1. The largest absolute Gasteiger partial charge is 0.322 e. The van der Waals surface area contributed by atoms with Crippen LogP contribution < -0.4 is 15.1 Å². The fourth-order valence-electron chi connectivity index (χ4n) is 3.92. The Morgan fingerprint density at radius 3 is 2.29 bits per heavy atom. The second-order valence-electron chi connectivity index (χ2n) is 7.90. The summed E-state index contributed by atoms with van der Waals surface area (Å²) in [6.07, 6.45) is 4.47. The van der Waals surface area contributed by atoms with E-state index in [0.717, 1.165) is 49.5 Å². The lowest BCUT2D eigenvalue weighted by molar-refractivity contribution is -1.02. The van der Waals surface area contributed by atoms with E-state index in [1.807, 2.05) is 38.1 Å². The molecule has 0 saturated carbocycles. The van der Waals surface area contributed by atoms with Gasteiger partial charge in [-0.3, -0.25) is 4.79 Å². The minimum absolute atomic E-state index is 0.0274. The van der Waals surface area contributed by atoms with E-state index in [1.165, 1.54) is 10.5 Å². The predicted octanol–water partition coefficient (Wildman–Crippen LogP) is 1.13. The summed E-state index contributed by atoms with van der Waals surface area (Å²) in [6.45, 7) is 11.5. The van der Waals surface area contributed by atoms with Crippen LogP contribution in [0.5, 0.6) is 0 Å². The Morgan fingerprint density at radius 2 is 1.64 bits per heavy atom. The number of quaternary nitrogens is 2. The lowest BCUT2D eigenvalue weighted by Gasteiger charge is -2.32. The topological polar surface area (TPSA) is 38.0 Å². The Bertz CT molecular complexity index is 788. The molecule has 2 aromatic carbocycles. The molecule has 0 aliphatic carbocycles. The van der Waals surface area contributed by atoms with Gasteiger partial charge in [-0.15, -0.1) is 0 Å². The van der Waals surface area contributed by atoms with Gasteiger partial charge in [-0.05, 0) is 43.5 Å². The highest BCUT2D eigenvalue weighted by Gasteiger charge is 2.30. The number of carbonyl (C=O) groups excluding carboxylic acids is 1. The van der Waals surface area contributed by atoms with Crippen LogP contribution in [0.4, 0.5) is 5.69 Å². The summed E-state index contributed by atoms with van der Waals surface area (Å²) in [5.41, 5.74) is 4.46. The minimum Gasteiger partial charge on any atom is -0.322 e. The monoisotopic (exact) mass is 379 g/mol. The molecular weight excluding hydrogens is 346 g/mol. The molecule has 1 aliphatic rings. The molecule has 2 aromatic rings. The minimum atomic E-state index is -0.0274. The van der Waals surface area contributed by atoms with Gasteiger partial charge in [0.2, 0.25) is 0 Å². The van der Waals surface area contributed by atoms with Crippen LogP contribution in [-0.2, 0) is 4.79 Å². The van der Waals surface area contributed by atoms with E-state index in [9.17, 15) is 4.79 Å². The van der Waals surface area contributed by atoms with Crippen LogP contribution in [-0.4, -0.2) is 44.7 Å². The molecule has 0 aromatic heterocycles. The normalized spacial score (nSPS) is 20.8. The van der Waals surface area contributed by atoms with E-state index in [1.54, 1.807) is 4.90 Å². The van der Waals surface area contributed by atoms with Crippen molar-refractivity contribution in [2.75, 3.05) is 38.0 Å². The average Bonchev–Trinajstić information content (AvgIpc) is 2.71. The van der Waals surface area contributed by atoms with Crippen LogP contribution in [0.2, 0.25) is 0 Å². The second-order valence-corrected chi connectivity index (χ2v) is 7.90. The molecule has 4 heteroatoms. The van der Waals surface area contributed by atoms with Gasteiger partial charge in [-0.25, -0.2) is 0 Å². The SMILES string of the molecule is Cc1cccc(C)c1NC(=O)[C@@H](C)[NH+]1CC[NH+](C/C=C/c2ccccc2)CC1. The highest BCUT2D eigenvalue weighted by atomic mass is 16.2. The fraction of sp³-hybridized carbons (Fsp3) is 0.375. The molecule has 1 aliphatic heterocycles. The van der Waals surface area contributed by atoms with Crippen LogP contribution in [0.1, 0.15) is 23.6 Å². The van der Waals surface area contributed by atoms with Crippen LogP contribution >= 0.6 is 0 Å². The molecule has 28 heavy (non-hydrogen) atoms. The summed E-state index contributed by atoms with van der Waals surface area (Å²) >= 11 is 0. The molecule has 148 valence electrons. The zero-order chi connectivity index (χ0) is 19.9. The highest BCUT2D eigenvalue weighted by Crippen LogP contribution is 2.19. The maximum atomic E-state index is 12.8. The van der Waals surface area contributed by atoms with Gasteiger partial charge in [-0.2, -0.15) is 0 Å². The van der Waals surface area contributed by atoms with Crippen molar-refractivity contribution in [3.05, 3.63) is 71.3 Å². The molecule has 1 saturated heterocycles. The van der Waals surface area contributed by atoms with E-state index in [-0.39, 0.29) is 11.9 Å². The number of anilines is 1. The van der Waals surface area contributed by atoms with Crippen LogP contribution in [0, 0.1) is 13.8 Å². The van der Waals surface area contributed by atoms with Crippen molar-refractivity contribution in [2.24, 2.45) is 0 Å². The maximum absolute atomic E-state index is 12.8. The van der Waals surface area contributed by atoms with Crippen molar-refractivity contribution in [3.8, 4) is 0 Å². The average molecular weight is 380 g/mol. The van der Waals surface area contributed by atoms with E-state index in [2.05, 4.69) is 48.7 Å². The zero-order valence-electron chi connectivity index (χ0n) is 17.3. The summed E-state index contributed by atoms with van der Waals surface area (Å²) in [7, 11) is 0. The van der Waals surface area contributed by atoms with Crippen molar-refractivity contribution < 1.29 is 14.6 Å². The number of hydrogen-bond donors (Lipinski definition) is 3. The quantitative estimate of drug-likeness (QED) is 0.692. The van der Waals surface area contributed by atoms with Crippen LogP contribution in [0.25, 0.3) is 6.08 Å². The van der Waals surface area contributed by atoms with E-state index in [0.29, 0.717) is 0 Å². The van der Waals surface area contributed by atoms with E-state index < -0.39 is 0 Å². The number of benzene rings is 2. The predicted molar refractivity (Wildman–Crippen MR) is 116 cm³/mol. The molecule has 3 N–H and O–H groups in total. The molecule has 1 amide bonds. The lowest BCUT2D eigenvalue weighted by Crippen LogP contribution is -3.29. The molecule has 3 rings (SSSR count). The van der Waals surface area contributed by atoms with Crippen molar-refractivity contribution in [1.29, 1.82) is 0 Å². The number of hydrogen-bond acceptors (Lipinski definition) is 1. The standard InChI is InChI=1S/C24H31N3O/c1-19-9-7-10-20(2)23(19)25-24(28)21(3)27-17-15-26(16-18-27)14-8-13-22-11-5-4-6-12-22/h4-13,21H,14-18H2,1-3H3,(H,25,28)/p+2/b13-8+/t21-/m1/s1. The van der Waals surface area contributed by atoms with E-state index >= 15 is 0 Å². The number of aryl methyl sites for hydroxylation is 2. The van der Waals surface area contributed by atoms with Gasteiger partial charge in [0.05, 0.1) is 6.54 Å². The molecule has 0 radical (unpaired) electrons. The molecule has 1 heterocycles. The summed E-state index contributed by atoms with van der Waals surface area (Å²) in [5.74, 6) is 0.125. The number of rotatable bonds is 6. The third-order valence-corrected chi connectivity index (χ3v) is 5.85. The first-order chi connectivity index (χ1) is 13.5. The Kier molecular flexibility index (Phi) is 7.01. The van der Waals surface area contributed by atoms with Gasteiger partial charge in [0.1, 0.15) is 26.2 Å². The molecule has 1 atom stereocenters. The van der Waals surface area contributed by atoms with E-state index in [4.69, 9.17) is 0 Å². The van der Waals surface area contributed by atoms with Gasteiger partial charge in [-0.1, -0.05) is 54.6 Å². The molecular formula is C24H33N3O+2. The summed E-state index contributed by atoms with van der Waals surface area (Å²) in [5, 5.41) is 3.16. The first-order valence-corrected chi connectivity index (χ1v) is 10.3. The first kappa shape index (κ1) is 20.3. The summed E-state index contributed by atoms with van der Waals surface area (Å²) in [6, 6.07) is 16.5. The number of piperazine rings is 1. The van der Waals surface area contributed by atoms with Crippen molar-refractivity contribution >= 4 is 17.7 Å². The lowest BCUT2D eigenvalue weighted by atomic mass is 10.1. The van der Waals surface area contributed by atoms with Crippen LogP contribution in [0.15, 0.2) is 54.6 Å². The van der Waals surface area contributed by atoms with Crippen molar-refractivity contribution in [3.63, 3.8) is 0 Å². The van der Waals surface area contributed by atoms with Gasteiger partial charge < -0.3 is 15.1 Å². The Balaban J connectivity index is 1.47.